The van der Waals surface area contributed by atoms with E-state index in [1.165, 1.54) is 51.0 Å². The zero-order valence-corrected chi connectivity index (χ0v) is 17.7. The maximum Gasteiger partial charge on any atom is 0.243 e. The van der Waals surface area contributed by atoms with Crippen LogP contribution in [0, 0.1) is 5.82 Å². The molecule has 29 heavy (non-hydrogen) atoms. The fourth-order valence-electron chi connectivity index (χ4n) is 3.62. The number of nitrogens with one attached hydrogen (secondary N) is 1. The van der Waals surface area contributed by atoms with Gasteiger partial charge in [0.2, 0.25) is 5.91 Å². The van der Waals surface area contributed by atoms with Crippen LogP contribution in [0.25, 0.3) is 6.08 Å². The Bertz CT molecular complexity index is 862. The molecule has 1 aromatic heterocycles. The number of methoxy groups -OCH3 is 1. The van der Waals surface area contributed by atoms with Gasteiger partial charge in [0.15, 0.2) is 16.7 Å². The molecule has 1 amide bonds. The standard InChI is InChI=1S/C21H27FN4O2S/c1-28-18-11-9-15(14-17(18)22)10-12-20(27)23-13-5-8-19-24-25-21(29-2)26(19)16-6-3-4-7-16/h9-12,14,16H,3-8,13H2,1-2H3,(H,23,27). The van der Waals surface area contributed by atoms with Crippen LogP contribution in [0.1, 0.15) is 49.5 Å². The Morgan fingerprint density at radius 3 is 2.86 bits per heavy atom. The van der Waals surface area contributed by atoms with Crippen molar-refractivity contribution in [1.29, 1.82) is 0 Å². The average Bonchev–Trinajstić information content (AvgIpc) is 3.39. The van der Waals surface area contributed by atoms with Crippen molar-refractivity contribution in [2.75, 3.05) is 19.9 Å². The fraction of sp³-hybridized carbons (Fsp3) is 0.476. The molecule has 0 unspecified atom stereocenters. The van der Waals surface area contributed by atoms with E-state index in [4.69, 9.17) is 4.74 Å². The summed E-state index contributed by atoms with van der Waals surface area (Å²) in [7, 11) is 1.42. The predicted octanol–water partition coefficient (Wildman–Crippen LogP) is 4.03. The Hall–Kier alpha value is -2.35. The number of rotatable bonds is 9. The SMILES string of the molecule is COc1ccc(C=CC(=O)NCCCc2nnc(SC)n2C2CCCC2)cc1F. The van der Waals surface area contributed by atoms with Crippen molar-refractivity contribution in [2.45, 2.75) is 49.7 Å². The van der Waals surface area contributed by atoms with Gasteiger partial charge in [0.1, 0.15) is 5.82 Å². The molecular weight excluding hydrogens is 391 g/mol. The molecule has 1 aliphatic carbocycles. The Morgan fingerprint density at radius 1 is 1.38 bits per heavy atom. The van der Waals surface area contributed by atoms with Crippen molar-refractivity contribution in [3.63, 3.8) is 0 Å². The van der Waals surface area contributed by atoms with Crippen molar-refractivity contribution in [2.24, 2.45) is 0 Å². The number of nitrogens with zero attached hydrogens (tertiary/aromatic N) is 3. The summed E-state index contributed by atoms with van der Waals surface area (Å²) in [5, 5.41) is 12.5. The van der Waals surface area contributed by atoms with Crippen LogP contribution in [0.15, 0.2) is 29.4 Å². The summed E-state index contributed by atoms with van der Waals surface area (Å²) >= 11 is 1.63. The molecule has 1 N–H and O–H groups in total. The van der Waals surface area contributed by atoms with Crippen LogP contribution < -0.4 is 10.1 Å². The number of carbonyl (C=O) groups is 1. The van der Waals surface area contributed by atoms with Crippen LogP contribution in [0.2, 0.25) is 0 Å². The van der Waals surface area contributed by atoms with Gasteiger partial charge in [-0.15, -0.1) is 10.2 Å². The second-order valence-corrected chi connectivity index (χ2v) is 7.81. The number of carbonyl (C=O) groups excluding carboxylic acids is 1. The minimum atomic E-state index is -0.453. The molecule has 0 aliphatic heterocycles. The van der Waals surface area contributed by atoms with Crippen LogP contribution in [0.5, 0.6) is 5.75 Å². The molecule has 8 heteroatoms. The van der Waals surface area contributed by atoms with E-state index < -0.39 is 5.82 Å². The second-order valence-electron chi connectivity index (χ2n) is 7.03. The highest BCUT2D eigenvalue weighted by molar-refractivity contribution is 7.98. The summed E-state index contributed by atoms with van der Waals surface area (Å²) in [6, 6.07) is 5.08. The van der Waals surface area contributed by atoms with Crippen LogP contribution in [0.4, 0.5) is 4.39 Å². The number of thioether (sulfide) groups is 1. The second kappa shape index (κ2) is 10.4. The predicted molar refractivity (Wildman–Crippen MR) is 113 cm³/mol. The molecule has 0 bridgehead atoms. The molecule has 3 rings (SSSR count). The molecule has 156 valence electrons. The van der Waals surface area contributed by atoms with Gasteiger partial charge in [0, 0.05) is 25.1 Å². The molecule has 1 fully saturated rings. The number of halogens is 1. The molecule has 1 heterocycles. The Labute approximate surface area is 174 Å². The molecule has 0 spiro atoms. The summed E-state index contributed by atoms with van der Waals surface area (Å²) < 4.78 is 20.9. The third-order valence-corrected chi connectivity index (χ3v) is 5.73. The highest BCUT2D eigenvalue weighted by atomic mass is 32.2. The molecular formula is C21H27FN4O2S. The van der Waals surface area contributed by atoms with Gasteiger partial charge in [0.05, 0.1) is 7.11 Å². The molecule has 6 nitrogen and oxygen atoms in total. The molecule has 0 radical (unpaired) electrons. The van der Waals surface area contributed by atoms with Gasteiger partial charge in [-0.05, 0) is 49.3 Å². The van der Waals surface area contributed by atoms with Crippen LogP contribution >= 0.6 is 11.8 Å². The first-order valence-electron chi connectivity index (χ1n) is 9.89. The molecule has 1 saturated carbocycles. The zero-order valence-electron chi connectivity index (χ0n) is 16.9. The van der Waals surface area contributed by atoms with Gasteiger partial charge in [-0.3, -0.25) is 4.79 Å². The number of ether oxygens (including phenoxy) is 1. The van der Waals surface area contributed by atoms with Crippen molar-refractivity contribution >= 4 is 23.7 Å². The minimum absolute atomic E-state index is 0.182. The van der Waals surface area contributed by atoms with Crippen LogP contribution in [-0.2, 0) is 11.2 Å². The lowest BCUT2D eigenvalue weighted by atomic mass is 10.2. The Morgan fingerprint density at radius 2 is 2.17 bits per heavy atom. The normalized spacial score (nSPS) is 14.6. The number of amides is 1. The molecule has 0 atom stereocenters. The maximum absolute atomic E-state index is 13.7. The van der Waals surface area contributed by atoms with Crippen LogP contribution in [0.3, 0.4) is 0 Å². The van der Waals surface area contributed by atoms with E-state index in [2.05, 4.69) is 20.1 Å². The summed E-state index contributed by atoms with van der Waals surface area (Å²) in [5.41, 5.74) is 0.604. The molecule has 0 saturated heterocycles. The zero-order chi connectivity index (χ0) is 20.6. The first-order chi connectivity index (χ1) is 14.1. The van der Waals surface area contributed by atoms with E-state index in [1.54, 1.807) is 23.9 Å². The first-order valence-corrected chi connectivity index (χ1v) is 11.1. The van der Waals surface area contributed by atoms with E-state index in [9.17, 15) is 9.18 Å². The monoisotopic (exact) mass is 418 g/mol. The highest BCUT2D eigenvalue weighted by Crippen LogP contribution is 2.33. The molecule has 1 aromatic carbocycles. The number of aromatic nitrogens is 3. The smallest absolute Gasteiger partial charge is 0.243 e. The fourth-order valence-corrected chi connectivity index (χ4v) is 4.20. The van der Waals surface area contributed by atoms with E-state index in [-0.39, 0.29) is 11.7 Å². The van der Waals surface area contributed by atoms with Gasteiger partial charge >= 0.3 is 0 Å². The summed E-state index contributed by atoms with van der Waals surface area (Å²) in [5.74, 6) is 0.524. The topological polar surface area (TPSA) is 69.0 Å². The van der Waals surface area contributed by atoms with Crippen molar-refractivity contribution in [3.8, 4) is 5.75 Å². The van der Waals surface area contributed by atoms with E-state index in [0.717, 1.165) is 23.8 Å². The summed E-state index contributed by atoms with van der Waals surface area (Å²) in [6.07, 6.45) is 11.5. The van der Waals surface area contributed by atoms with E-state index in [1.807, 2.05) is 6.26 Å². The van der Waals surface area contributed by atoms with E-state index >= 15 is 0 Å². The Balaban J connectivity index is 1.47. The quantitative estimate of drug-likeness (QED) is 0.378. The lowest BCUT2D eigenvalue weighted by Crippen LogP contribution is -2.23. The number of hydrogen-bond acceptors (Lipinski definition) is 5. The lowest BCUT2D eigenvalue weighted by Gasteiger charge is -2.16. The summed E-state index contributed by atoms with van der Waals surface area (Å²) in [4.78, 5) is 12.0. The number of aryl methyl sites for hydroxylation is 1. The van der Waals surface area contributed by atoms with Crippen molar-refractivity contribution in [1.82, 2.24) is 20.1 Å². The van der Waals surface area contributed by atoms with Gasteiger partial charge in [0.25, 0.3) is 0 Å². The largest absolute Gasteiger partial charge is 0.494 e. The van der Waals surface area contributed by atoms with Gasteiger partial charge in [-0.1, -0.05) is 30.7 Å². The third kappa shape index (κ3) is 5.59. The van der Waals surface area contributed by atoms with Gasteiger partial charge < -0.3 is 14.6 Å². The lowest BCUT2D eigenvalue weighted by molar-refractivity contribution is -0.116. The molecule has 2 aromatic rings. The van der Waals surface area contributed by atoms with Crippen molar-refractivity contribution < 1.29 is 13.9 Å². The number of benzene rings is 1. The average molecular weight is 419 g/mol. The first kappa shape index (κ1) is 21.4. The minimum Gasteiger partial charge on any atom is -0.494 e. The highest BCUT2D eigenvalue weighted by Gasteiger charge is 2.23. The maximum atomic E-state index is 13.7. The van der Waals surface area contributed by atoms with Crippen molar-refractivity contribution in [3.05, 3.63) is 41.5 Å². The summed E-state index contributed by atoms with van der Waals surface area (Å²) in [6.45, 7) is 0.548. The third-order valence-electron chi connectivity index (χ3n) is 5.09. The number of hydrogen-bond donors (Lipinski definition) is 1. The van der Waals surface area contributed by atoms with Crippen LogP contribution in [-0.4, -0.2) is 40.6 Å². The molecule has 1 aliphatic rings. The van der Waals surface area contributed by atoms with Gasteiger partial charge in [-0.25, -0.2) is 4.39 Å². The van der Waals surface area contributed by atoms with Gasteiger partial charge in [-0.2, -0.15) is 0 Å². The Kier molecular flexibility index (Phi) is 7.69. The van der Waals surface area contributed by atoms with E-state index in [0.29, 0.717) is 18.2 Å².